The Bertz CT molecular complexity index is 437. The smallest absolute Gasteiger partial charge is 0.336 e. The fourth-order valence-corrected chi connectivity index (χ4v) is 2.05. The lowest BCUT2D eigenvalue weighted by Crippen LogP contribution is -2.36. The van der Waals surface area contributed by atoms with Crippen molar-refractivity contribution in [2.24, 2.45) is 0 Å². The van der Waals surface area contributed by atoms with E-state index in [1.54, 1.807) is 7.11 Å². The number of ether oxygens (including phenoxy) is 1. The van der Waals surface area contributed by atoms with Crippen molar-refractivity contribution < 1.29 is 19.0 Å². The molecule has 1 N–H and O–H groups in total. The molecule has 0 bridgehead atoms. The van der Waals surface area contributed by atoms with E-state index in [1.807, 2.05) is 18.7 Å². The van der Waals surface area contributed by atoms with Crippen molar-refractivity contribution in [1.82, 2.24) is 4.90 Å². The summed E-state index contributed by atoms with van der Waals surface area (Å²) in [7, 11) is 1.62. The van der Waals surface area contributed by atoms with Gasteiger partial charge >= 0.3 is 5.97 Å². The van der Waals surface area contributed by atoms with E-state index in [1.165, 1.54) is 18.2 Å². The van der Waals surface area contributed by atoms with Crippen LogP contribution in [0.2, 0.25) is 0 Å². The molecule has 1 aromatic carbocycles. The fourth-order valence-electron chi connectivity index (χ4n) is 2.05. The van der Waals surface area contributed by atoms with Crippen LogP contribution in [-0.2, 0) is 11.3 Å². The Kier molecular flexibility index (Phi) is 5.92. The molecule has 106 valence electrons. The molecule has 1 atom stereocenters. The molecule has 0 heterocycles. The lowest BCUT2D eigenvalue weighted by molar-refractivity contribution is 0.0690. The number of benzene rings is 1. The highest BCUT2D eigenvalue weighted by atomic mass is 19.1. The first-order chi connectivity index (χ1) is 8.99. The lowest BCUT2D eigenvalue weighted by Gasteiger charge is -2.27. The van der Waals surface area contributed by atoms with Gasteiger partial charge < -0.3 is 9.84 Å². The van der Waals surface area contributed by atoms with Gasteiger partial charge in [-0.05, 0) is 37.2 Å². The van der Waals surface area contributed by atoms with Crippen molar-refractivity contribution in [2.45, 2.75) is 26.4 Å². The Labute approximate surface area is 112 Å². The number of likely N-dealkylation sites (N-methyl/N-ethyl adjacent to an activating group) is 1. The SMILES string of the molecule is CCN(Cc1cc(F)ccc1C(=O)O)C(C)COC. The zero-order valence-corrected chi connectivity index (χ0v) is 11.5. The molecule has 5 heteroatoms. The number of methoxy groups -OCH3 is 1. The fraction of sp³-hybridized carbons (Fsp3) is 0.500. The molecule has 1 rings (SSSR count). The van der Waals surface area contributed by atoms with Crippen LogP contribution in [0.15, 0.2) is 18.2 Å². The van der Waals surface area contributed by atoms with E-state index in [2.05, 4.69) is 0 Å². The maximum Gasteiger partial charge on any atom is 0.336 e. The van der Waals surface area contributed by atoms with Gasteiger partial charge in [0.1, 0.15) is 5.82 Å². The zero-order valence-electron chi connectivity index (χ0n) is 11.5. The number of carboxylic acid groups (broad SMARTS) is 1. The normalized spacial score (nSPS) is 12.7. The third-order valence-corrected chi connectivity index (χ3v) is 3.11. The van der Waals surface area contributed by atoms with Crippen LogP contribution >= 0.6 is 0 Å². The Morgan fingerprint density at radius 1 is 1.53 bits per heavy atom. The molecule has 0 fully saturated rings. The maximum absolute atomic E-state index is 13.3. The number of aromatic carboxylic acids is 1. The zero-order chi connectivity index (χ0) is 14.4. The highest BCUT2D eigenvalue weighted by Gasteiger charge is 2.17. The lowest BCUT2D eigenvalue weighted by atomic mass is 10.1. The molecule has 4 nitrogen and oxygen atoms in total. The minimum atomic E-state index is -1.04. The summed E-state index contributed by atoms with van der Waals surface area (Å²) in [5.41, 5.74) is 0.627. The van der Waals surface area contributed by atoms with Crippen LogP contribution in [0, 0.1) is 5.82 Å². The van der Waals surface area contributed by atoms with Crippen LogP contribution in [0.4, 0.5) is 4.39 Å². The van der Waals surface area contributed by atoms with Gasteiger partial charge in [-0.3, -0.25) is 4.90 Å². The van der Waals surface area contributed by atoms with Gasteiger partial charge in [0.25, 0.3) is 0 Å². The molecule has 0 aliphatic carbocycles. The van der Waals surface area contributed by atoms with Gasteiger partial charge in [0.15, 0.2) is 0 Å². The Hall–Kier alpha value is -1.46. The number of hydrogen-bond acceptors (Lipinski definition) is 3. The van der Waals surface area contributed by atoms with E-state index in [9.17, 15) is 9.18 Å². The van der Waals surface area contributed by atoms with Crippen molar-refractivity contribution in [3.8, 4) is 0 Å². The summed E-state index contributed by atoms with van der Waals surface area (Å²) in [5.74, 6) is -1.46. The molecule has 0 amide bonds. The first-order valence-electron chi connectivity index (χ1n) is 6.24. The van der Waals surface area contributed by atoms with Crippen LogP contribution in [0.1, 0.15) is 29.8 Å². The number of halogens is 1. The molecule has 19 heavy (non-hydrogen) atoms. The van der Waals surface area contributed by atoms with E-state index >= 15 is 0 Å². The summed E-state index contributed by atoms with van der Waals surface area (Å²) in [5, 5.41) is 9.12. The number of carboxylic acids is 1. The van der Waals surface area contributed by atoms with E-state index in [0.717, 1.165) is 6.54 Å². The highest BCUT2D eigenvalue weighted by molar-refractivity contribution is 5.89. The highest BCUT2D eigenvalue weighted by Crippen LogP contribution is 2.15. The molecular formula is C14H20FNO3. The predicted octanol–water partition coefficient (Wildman–Crippen LogP) is 2.38. The summed E-state index contributed by atoms with van der Waals surface area (Å²) in [6, 6.07) is 3.90. The maximum atomic E-state index is 13.3. The second kappa shape index (κ2) is 7.21. The summed E-state index contributed by atoms with van der Waals surface area (Å²) in [4.78, 5) is 13.2. The van der Waals surface area contributed by atoms with Gasteiger partial charge in [0.05, 0.1) is 12.2 Å². The minimum Gasteiger partial charge on any atom is -0.478 e. The van der Waals surface area contributed by atoms with E-state index in [4.69, 9.17) is 9.84 Å². The second-order valence-corrected chi connectivity index (χ2v) is 4.47. The third kappa shape index (κ3) is 4.29. The summed E-state index contributed by atoms with van der Waals surface area (Å²) in [6.07, 6.45) is 0. The van der Waals surface area contributed by atoms with Crippen molar-refractivity contribution in [3.05, 3.63) is 35.1 Å². The van der Waals surface area contributed by atoms with Crippen LogP contribution in [-0.4, -0.2) is 42.3 Å². The Balaban J connectivity index is 2.95. The van der Waals surface area contributed by atoms with Gasteiger partial charge in [0.2, 0.25) is 0 Å². The third-order valence-electron chi connectivity index (χ3n) is 3.11. The molecule has 0 aliphatic rings. The number of nitrogens with zero attached hydrogens (tertiary/aromatic N) is 1. The van der Waals surface area contributed by atoms with Crippen molar-refractivity contribution in [2.75, 3.05) is 20.3 Å². The standard InChI is InChI=1S/C14H20FNO3/c1-4-16(10(2)9-19-3)8-11-7-12(15)5-6-13(11)14(17)18/h5-7,10H,4,8-9H2,1-3H3,(H,17,18). The topological polar surface area (TPSA) is 49.8 Å². The molecule has 0 spiro atoms. The molecule has 0 saturated heterocycles. The van der Waals surface area contributed by atoms with Gasteiger partial charge in [0, 0.05) is 19.7 Å². The van der Waals surface area contributed by atoms with Gasteiger partial charge in [-0.1, -0.05) is 6.92 Å². The summed E-state index contributed by atoms with van der Waals surface area (Å²) in [6.45, 7) is 5.64. The van der Waals surface area contributed by atoms with Crippen molar-refractivity contribution in [1.29, 1.82) is 0 Å². The molecule has 0 saturated carbocycles. The largest absolute Gasteiger partial charge is 0.478 e. The van der Waals surface area contributed by atoms with Crippen LogP contribution in [0.5, 0.6) is 0 Å². The predicted molar refractivity (Wildman–Crippen MR) is 70.8 cm³/mol. The summed E-state index contributed by atoms with van der Waals surface area (Å²) < 4.78 is 18.4. The van der Waals surface area contributed by atoms with E-state index in [-0.39, 0.29) is 11.6 Å². The quantitative estimate of drug-likeness (QED) is 0.825. The average Bonchev–Trinajstić information content (AvgIpc) is 2.35. The van der Waals surface area contributed by atoms with E-state index in [0.29, 0.717) is 18.7 Å². The van der Waals surface area contributed by atoms with Crippen molar-refractivity contribution >= 4 is 5.97 Å². The summed E-state index contributed by atoms with van der Waals surface area (Å²) >= 11 is 0. The Morgan fingerprint density at radius 3 is 2.74 bits per heavy atom. The molecular weight excluding hydrogens is 249 g/mol. The Morgan fingerprint density at radius 2 is 2.21 bits per heavy atom. The monoisotopic (exact) mass is 269 g/mol. The van der Waals surface area contributed by atoms with Crippen LogP contribution in [0.3, 0.4) is 0 Å². The van der Waals surface area contributed by atoms with Gasteiger partial charge in [-0.2, -0.15) is 0 Å². The van der Waals surface area contributed by atoms with Crippen molar-refractivity contribution in [3.63, 3.8) is 0 Å². The number of carbonyl (C=O) groups is 1. The molecule has 0 aliphatic heterocycles. The first kappa shape index (κ1) is 15.6. The van der Waals surface area contributed by atoms with Crippen LogP contribution < -0.4 is 0 Å². The van der Waals surface area contributed by atoms with Crippen LogP contribution in [0.25, 0.3) is 0 Å². The first-order valence-corrected chi connectivity index (χ1v) is 6.24. The molecule has 0 aromatic heterocycles. The minimum absolute atomic E-state index is 0.139. The molecule has 1 unspecified atom stereocenters. The number of hydrogen-bond donors (Lipinski definition) is 1. The molecule has 1 aromatic rings. The second-order valence-electron chi connectivity index (χ2n) is 4.47. The van der Waals surface area contributed by atoms with Gasteiger partial charge in [-0.15, -0.1) is 0 Å². The van der Waals surface area contributed by atoms with Gasteiger partial charge in [-0.25, -0.2) is 9.18 Å². The number of rotatable bonds is 7. The molecule has 0 radical (unpaired) electrons. The average molecular weight is 269 g/mol. The van der Waals surface area contributed by atoms with E-state index < -0.39 is 11.8 Å².